The molecular formula is C26H31N7O. The maximum atomic E-state index is 12.4. The highest BCUT2D eigenvalue weighted by atomic mass is 16.1. The summed E-state index contributed by atoms with van der Waals surface area (Å²) < 4.78 is 0. The molecule has 3 atom stereocenters. The van der Waals surface area contributed by atoms with Crippen molar-refractivity contribution in [2.45, 2.75) is 51.4 Å². The summed E-state index contributed by atoms with van der Waals surface area (Å²) in [5.74, 6) is 6.52. The van der Waals surface area contributed by atoms with Gasteiger partial charge in [0.05, 0.1) is 11.9 Å². The third-order valence-corrected chi connectivity index (χ3v) is 6.00. The van der Waals surface area contributed by atoms with Crippen molar-refractivity contribution in [1.29, 1.82) is 0 Å². The lowest BCUT2D eigenvalue weighted by molar-refractivity contribution is 0.0951. The average Bonchev–Trinajstić information content (AvgIpc) is 3.67. The topological polar surface area (TPSA) is 107 Å². The number of nitrogens with one attached hydrogen (secondary N) is 2. The monoisotopic (exact) mass is 457 g/mol. The van der Waals surface area contributed by atoms with Crippen LogP contribution in [0.3, 0.4) is 0 Å². The van der Waals surface area contributed by atoms with Crippen LogP contribution in [0.1, 0.15) is 49.0 Å². The molecule has 1 amide bonds. The highest BCUT2D eigenvalue weighted by Gasteiger charge is 2.35. The molecule has 2 aliphatic heterocycles. The lowest BCUT2D eigenvalue weighted by Gasteiger charge is -2.36. The van der Waals surface area contributed by atoms with E-state index in [0.29, 0.717) is 18.0 Å². The Bertz CT molecular complexity index is 1150. The van der Waals surface area contributed by atoms with Crippen LogP contribution in [0, 0.1) is 17.8 Å². The molecule has 1 fully saturated rings. The Morgan fingerprint density at radius 3 is 2.88 bits per heavy atom. The number of carbonyl (C=O) groups is 1. The van der Waals surface area contributed by atoms with Crippen LogP contribution in [0.4, 0.5) is 0 Å². The van der Waals surface area contributed by atoms with E-state index in [-0.39, 0.29) is 24.0 Å². The van der Waals surface area contributed by atoms with Gasteiger partial charge in [0.25, 0.3) is 5.91 Å². The van der Waals surface area contributed by atoms with E-state index in [1.165, 1.54) is 0 Å². The van der Waals surface area contributed by atoms with Crippen molar-refractivity contribution in [2.75, 3.05) is 7.05 Å². The Morgan fingerprint density at radius 2 is 2.18 bits per heavy atom. The van der Waals surface area contributed by atoms with Crippen LogP contribution in [0.25, 0.3) is 0 Å². The molecule has 2 heterocycles. The number of hydrazone groups is 1. The van der Waals surface area contributed by atoms with Gasteiger partial charge in [0.2, 0.25) is 0 Å². The number of nitrogens with two attached hydrogens (primary N) is 1. The first-order valence-electron chi connectivity index (χ1n) is 11.6. The fraction of sp³-hybridized carbons (Fsp3) is 0.385. The summed E-state index contributed by atoms with van der Waals surface area (Å²) >= 11 is 0. The second-order valence-electron chi connectivity index (χ2n) is 8.64. The molecule has 4 rings (SSSR count). The van der Waals surface area contributed by atoms with Crippen molar-refractivity contribution < 1.29 is 4.79 Å². The zero-order chi connectivity index (χ0) is 24.1. The van der Waals surface area contributed by atoms with E-state index in [2.05, 4.69) is 42.6 Å². The summed E-state index contributed by atoms with van der Waals surface area (Å²) in [5, 5.41) is 7.20. The summed E-state index contributed by atoms with van der Waals surface area (Å²) in [6.45, 7) is 3.90. The number of rotatable bonds is 6. The number of benzene rings is 1. The van der Waals surface area contributed by atoms with E-state index in [4.69, 9.17) is 5.73 Å². The summed E-state index contributed by atoms with van der Waals surface area (Å²) in [7, 11) is 1.76. The van der Waals surface area contributed by atoms with Crippen molar-refractivity contribution >= 4 is 24.2 Å². The van der Waals surface area contributed by atoms with E-state index < -0.39 is 0 Å². The minimum absolute atomic E-state index is 0.0306. The van der Waals surface area contributed by atoms with Gasteiger partial charge in [-0.15, -0.1) is 0 Å². The molecule has 1 aliphatic carbocycles. The smallest absolute Gasteiger partial charge is 0.251 e. The minimum atomic E-state index is -0.214. The average molecular weight is 458 g/mol. The Hall–Kier alpha value is -3.70. The molecule has 2 unspecified atom stereocenters. The number of fused-ring (bicyclic) bond motifs is 2. The summed E-state index contributed by atoms with van der Waals surface area (Å²) in [6, 6.07) is 7.53. The molecule has 176 valence electrons. The highest BCUT2D eigenvalue weighted by molar-refractivity contribution is 5.99. The number of carbonyl (C=O) groups excluding carboxylic acids is 1. The van der Waals surface area contributed by atoms with Gasteiger partial charge in [-0.2, -0.15) is 5.10 Å². The second kappa shape index (κ2) is 10.5. The largest absolute Gasteiger partial charge is 0.349 e. The van der Waals surface area contributed by atoms with Crippen molar-refractivity contribution in [3.8, 4) is 11.8 Å². The third-order valence-electron chi connectivity index (χ3n) is 6.00. The van der Waals surface area contributed by atoms with Crippen LogP contribution >= 0.6 is 0 Å². The Morgan fingerprint density at radius 1 is 1.35 bits per heavy atom. The zero-order valence-electron chi connectivity index (χ0n) is 19.8. The van der Waals surface area contributed by atoms with Crippen LogP contribution in [-0.2, 0) is 0 Å². The molecule has 0 saturated heterocycles. The van der Waals surface area contributed by atoms with Crippen molar-refractivity contribution in [3.63, 3.8) is 0 Å². The van der Waals surface area contributed by atoms with E-state index in [1.807, 2.05) is 50.4 Å². The molecule has 34 heavy (non-hydrogen) atoms. The minimum Gasteiger partial charge on any atom is -0.349 e. The van der Waals surface area contributed by atoms with Crippen molar-refractivity contribution in [3.05, 3.63) is 58.9 Å². The quantitative estimate of drug-likeness (QED) is 0.346. The Labute approximate surface area is 200 Å². The predicted octanol–water partition coefficient (Wildman–Crippen LogP) is 2.40. The number of amides is 1. The fourth-order valence-corrected chi connectivity index (χ4v) is 4.06. The highest BCUT2D eigenvalue weighted by Crippen LogP contribution is 2.32. The first-order chi connectivity index (χ1) is 16.5. The van der Waals surface area contributed by atoms with Crippen molar-refractivity contribution in [2.24, 2.45) is 26.7 Å². The number of nitrogens with zero attached hydrogens (tertiary/aromatic N) is 4. The van der Waals surface area contributed by atoms with Crippen LogP contribution < -0.4 is 16.5 Å². The van der Waals surface area contributed by atoms with Gasteiger partial charge in [-0.1, -0.05) is 24.0 Å². The number of hydrogen-bond acceptors (Lipinski definition) is 7. The van der Waals surface area contributed by atoms with Crippen LogP contribution in [-0.4, -0.2) is 54.4 Å². The first kappa shape index (κ1) is 23.5. The SMILES string of the molecule is C/C=C(\C=N/NC)N1C=C(C#Cc2cccc(C(=O)NC3CC3)c2)C2CC1N=CN=C2[C@H](C)N. The van der Waals surface area contributed by atoms with Gasteiger partial charge in [-0.05, 0) is 44.9 Å². The summed E-state index contributed by atoms with van der Waals surface area (Å²) in [6.07, 6.45) is 10.1. The van der Waals surface area contributed by atoms with E-state index in [1.54, 1.807) is 19.6 Å². The number of hydrogen-bond donors (Lipinski definition) is 3. The summed E-state index contributed by atoms with van der Waals surface area (Å²) in [4.78, 5) is 23.7. The van der Waals surface area contributed by atoms with Crippen LogP contribution in [0.15, 0.2) is 62.9 Å². The van der Waals surface area contributed by atoms with Crippen molar-refractivity contribution in [1.82, 2.24) is 15.6 Å². The van der Waals surface area contributed by atoms with Crippen LogP contribution in [0.5, 0.6) is 0 Å². The van der Waals surface area contributed by atoms with Crippen LogP contribution in [0.2, 0.25) is 0 Å². The molecule has 0 radical (unpaired) electrons. The standard InChI is InChI=1S/C26H31N7O/c1-4-22(14-31-28-3)33-15-20(23-13-24(33)29-16-30-25(23)17(2)27)9-8-18-6-5-7-19(12-18)26(34)32-21-10-11-21/h4-7,12,14-17,21,23-24,28H,10-11,13,27H2,1-3H3,(H,32,34)/b22-4+,31-14-/t17-,23?,24?/m0/s1. The molecule has 2 bridgehead atoms. The predicted molar refractivity (Wildman–Crippen MR) is 137 cm³/mol. The van der Waals surface area contributed by atoms with Gasteiger partial charge in [0.15, 0.2) is 0 Å². The molecule has 1 saturated carbocycles. The number of allylic oxidation sites excluding steroid dienone is 3. The molecule has 1 aromatic carbocycles. The van der Waals surface area contributed by atoms with Gasteiger partial charge >= 0.3 is 0 Å². The zero-order valence-corrected chi connectivity index (χ0v) is 19.8. The lowest BCUT2D eigenvalue weighted by atomic mass is 9.84. The van der Waals surface area contributed by atoms with Gasteiger partial charge in [-0.3, -0.25) is 4.79 Å². The molecule has 0 aromatic heterocycles. The molecule has 0 spiro atoms. The molecule has 3 aliphatic rings. The maximum absolute atomic E-state index is 12.4. The Balaban J connectivity index is 1.68. The molecule has 1 aromatic rings. The normalized spacial score (nSPS) is 22.8. The van der Waals surface area contributed by atoms with Gasteiger partial charge in [0, 0.05) is 60.1 Å². The maximum Gasteiger partial charge on any atom is 0.251 e. The van der Waals surface area contributed by atoms with E-state index in [0.717, 1.165) is 35.4 Å². The molecule has 8 nitrogen and oxygen atoms in total. The van der Waals surface area contributed by atoms with Gasteiger partial charge in [-0.25, -0.2) is 9.98 Å². The van der Waals surface area contributed by atoms with Gasteiger partial charge in [0.1, 0.15) is 12.5 Å². The first-order valence-corrected chi connectivity index (χ1v) is 11.6. The van der Waals surface area contributed by atoms with E-state index >= 15 is 0 Å². The van der Waals surface area contributed by atoms with Gasteiger partial charge < -0.3 is 21.4 Å². The number of aliphatic imine (C=N–C) groups is 2. The molecule has 4 N–H and O–H groups in total. The molecule has 8 heteroatoms. The second-order valence-corrected chi connectivity index (χ2v) is 8.64. The molecular weight excluding hydrogens is 426 g/mol. The van der Waals surface area contributed by atoms with E-state index in [9.17, 15) is 4.79 Å². The lowest BCUT2D eigenvalue weighted by Crippen LogP contribution is -2.41. The fourth-order valence-electron chi connectivity index (χ4n) is 4.06. The Kier molecular flexibility index (Phi) is 7.24. The summed E-state index contributed by atoms with van der Waals surface area (Å²) in [5.41, 5.74) is 13.1. The third kappa shape index (κ3) is 5.43.